The number of hydrogen-bond donors (Lipinski definition) is 2. The number of nitrogens with zero attached hydrogens (tertiary/aromatic N) is 4. The Morgan fingerprint density at radius 1 is 0.970 bits per heavy atom. The van der Waals surface area contributed by atoms with E-state index in [0.717, 1.165) is 12.4 Å². The van der Waals surface area contributed by atoms with Gasteiger partial charge in [0.15, 0.2) is 0 Å². The number of para-hydroxylation sites is 1. The lowest BCUT2D eigenvalue weighted by atomic mass is 10.2. The fourth-order valence-electron chi connectivity index (χ4n) is 2.59. The van der Waals surface area contributed by atoms with E-state index < -0.39 is 44.8 Å². The summed E-state index contributed by atoms with van der Waals surface area (Å²) in [5, 5.41) is 22.7. The Bertz CT molecular complexity index is 1230. The van der Waals surface area contributed by atoms with Gasteiger partial charge in [-0.05, 0) is 30.3 Å². The molecule has 2 N–H and O–H groups in total. The molecule has 0 unspecified atom stereocenters. The number of methoxy groups -OCH3 is 1. The minimum atomic E-state index is -0.920. The molecule has 14 nitrogen and oxygen atoms in total. The van der Waals surface area contributed by atoms with Crippen molar-refractivity contribution in [2.24, 2.45) is 0 Å². The Kier molecular flexibility index (Phi) is 6.68. The maximum absolute atomic E-state index is 12.4. The van der Waals surface area contributed by atoms with E-state index in [9.17, 15) is 29.8 Å². The minimum absolute atomic E-state index is 0.124. The topological polar surface area (TPSA) is 189 Å². The number of nitro groups is 2. The van der Waals surface area contributed by atoms with E-state index in [-0.39, 0.29) is 16.9 Å². The quantitative estimate of drug-likeness (QED) is 0.289. The molecule has 1 amide bonds. The molecule has 0 aliphatic heterocycles. The van der Waals surface area contributed by atoms with Gasteiger partial charge < -0.3 is 9.47 Å². The summed E-state index contributed by atoms with van der Waals surface area (Å²) in [6, 6.07) is 10.7. The Hall–Kier alpha value is -5.14. The van der Waals surface area contributed by atoms with Crippen LogP contribution in [-0.4, -0.2) is 38.8 Å². The van der Waals surface area contributed by atoms with Gasteiger partial charge >= 0.3 is 17.5 Å². The number of aromatic nitrogens is 2. The Morgan fingerprint density at radius 2 is 1.67 bits per heavy atom. The highest BCUT2D eigenvalue weighted by Crippen LogP contribution is 2.33. The van der Waals surface area contributed by atoms with Gasteiger partial charge in [-0.25, -0.2) is 9.78 Å². The van der Waals surface area contributed by atoms with Crippen LogP contribution in [-0.2, 0) is 4.74 Å². The molecule has 0 aliphatic carbocycles. The lowest BCUT2D eigenvalue weighted by Gasteiger charge is -2.10. The van der Waals surface area contributed by atoms with Gasteiger partial charge in [0.1, 0.15) is 17.6 Å². The normalized spacial score (nSPS) is 10.1. The van der Waals surface area contributed by atoms with Crippen molar-refractivity contribution in [3.05, 3.63) is 86.2 Å². The summed E-state index contributed by atoms with van der Waals surface area (Å²) in [6.07, 6.45) is 0.949. The maximum atomic E-state index is 12.4. The van der Waals surface area contributed by atoms with E-state index in [2.05, 4.69) is 25.6 Å². The summed E-state index contributed by atoms with van der Waals surface area (Å²) in [5.74, 6) is -2.25. The molecule has 3 rings (SSSR count). The molecule has 1 heterocycles. The fourth-order valence-corrected chi connectivity index (χ4v) is 2.59. The molecule has 0 saturated carbocycles. The zero-order chi connectivity index (χ0) is 24.0. The number of carbonyl (C=O) groups is 2. The zero-order valence-electron chi connectivity index (χ0n) is 16.8. The van der Waals surface area contributed by atoms with Crippen LogP contribution in [0.25, 0.3) is 0 Å². The molecule has 168 valence electrons. The van der Waals surface area contributed by atoms with E-state index in [4.69, 9.17) is 4.74 Å². The van der Waals surface area contributed by atoms with Crippen LogP contribution in [0, 0.1) is 20.2 Å². The predicted molar refractivity (Wildman–Crippen MR) is 111 cm³/mol. The second kappa shape index (κ2) is 9.78. The number of hydrazine groups is 1. The van der Waals surface area contributed by atoms with Gasteiger partial charge in [0.25, 0.3) is 11.6 Å². The highest BCUT2D eigenvalue weighted by atomic mass is 16.6. The molecular weight excluding hydrogens is 440 g/mol. The number of hydrogen-bond acceptors (Lipinski definition) is 11. The van der Waals surface area contributed by atoms with Crippen molar-refractivity contribution in [1.29, 1.82) is 0 Å². The van der Waals surface area contributed by atoms with Gasteiger partial charge in [0.05, 0.1) is 22.5 Å². The summed E-state index contributed by atoms with van der Waals surface area (Å²) in [6.45, 7) is 0. The van der Waals surface area contributed by atoms with Gasteiger partial charge in [-0.15, -0.1) is 0 Å². The summed E-state index contributed by atoms with van der Waals surface area (Å²) in [5.41, 5.74) is 3.20. The van der Waals surface area contributed by atoms with Crippen molar-refractivity contribution in [2.45, 2.75) is 0 Å². The number of anilines is 1. The van der Waals surface area contributed by atoms with Gasteiger partial charge in [0.2, 0.25) is 5.82 Å². The molecule has 1 aromatic heterocycles. The monoisotopic (exact) mass is 454 g/mol. The van der Waals surface area contributed by atoms with Gasteiger partial charge in [-0.1, -0.05) is 12.1 Å². The van der Waals surface area contributed by atoms with Crippen molar-refractivity contribution in [1.82, 2.24) is 15.4 Å². The first-order valence-electron chi connectivity index (χ1n) is 8.97. The van der Waals surface area contributed by atoms with Crippen LogP contribution >= 0.6 is 0 Å². The number of amides is 1. The fraction of sp³-hybridized carbons (Fsp3) is 0.0526. The van der Waals surface area contributed by atoms with E-state index in [0.29, 0.717) is 0 Å². The molecule has 0 aliphatic rings. The summed E-state index contributed by atoms with van der Waals surface area (Å²) in [4.78, 5) is 52.5. The molecule has 33 heavy (non-hydrogen) atoms. The van der Waals surface area contributed by atoms with E-state index in [1.807, 2.05) is 0 Å². The molecule has 0 fully saturated rings. The minimum Gasteiger partial charge on any atom is -0.465 e. The highest BCUT2D eigenvalue weighted by Gasteiger charge is 2.26. The number of nitro benzene ring substituents is 1. The van der Waals surface area contributed by atoms with E-state index in [1.165, 1.54) is 49.6 Å². The lowest BCUT2D eigenvalue weighted by Crippen LogP contribution is -2.30. The van der Waals surface area contributed by atoms with Gasteiger partial charge in [-0.3, -0.25) is 35.9 Å². The Morgan fingerprint density at radius 3 is 2.30 bits per heavy atom. The second-order valence-electron chi connectivity index (χ2n) is 6.10. The van der Waals surface area contributed by atoms with Crippen molar-refractivity contribution >= 4 is 29.1 Å². The van der Waals surface area contributed by atoms with Gasteiger partial charge in [-0.2, -0.15) is 4.98 Å². The van der Waals surface area contributed by atoms with E-state index in [1.54, 1.807) is 0 Å². The van der Waals surface area contributed by atoms with Crippen molar-refractivity contribution in [3.8, 4) is 11.6 Å². The first kappa shape index (κ1) is 22.5. The number of rotatable bonds is 8. The Balaban J connectivity index is 1.82. The molecule has 0 saturated heterocycles. The van der Waals surface area contributed by atoms with Crippen LogP contribution in [0.2, 0.25) is 0 Å². The third kappa shape index (κ3) is 5.13. The van der Waals surface area contributed by atoms with Gasteiger partial charge in [0, 0.05) is 6.07 Å². The summed E-state index contributed by atoms with van der Waals surface area (Å²) < 4.78 is 10.0. The zero-order valence-corrected chi connectivity index (χ0v) is 16.8. The summed E-state index contributed by atoms with van der Waals surface area (Å²) >= 11 is 0. The average molecular weight is 454 g/mol. The second-order valence-corrected chi connectivity index (χ2v) is 6.10. The molecule has 14 heteroatoms. The smallest absolute Gasteiger partial charge is 0.374 e. The number of esters is 1. The standard InChI is InChI=1S/C19H14N6O8/c1-32-19(27)11-6-8-12(9-7-11)33-18-15(25(30)31)16(20-10-21-18)22-23-17(26)13-4-2-3-5-14(13)24(28)29/h2-10H,1H3,(H,23,26)(H,20,21,22). The number of benzene rings is 2. The predicted octanol–water partition coefficient (Wildman–Crippen LogP) is 2.63. The van der Waals surface area contributed by atoms with Crippen molar-refractivity contribution in [2.75, 3.05) is 12.5 Å². The van der Waals surface area contributed by atoms with Crippen LogP contribution in [0.1, 0.15) is 20.7 Å². The van der Waals surface area contributed by atoms with Crippen LogP contribution < -0.4 is 15.6 Å². The Labute approximate surface area is 184 Å². The molecule has 2 aromatic carbocycles. The maximum Gasteiger partial charge on any atom is 0.374 e. The van der Waals surface area contributed by atoms with E-state index >= 15 is 0 Å². The lowest BCUT2D eigenvalue weighted by molar-refractivity contribution is -0.385. The number of carbonyl (C=O) groups excluding carboxylic acids is 2. The average Bonchev–Trinajstić information content (AvgIpc) is 2.82. The molecule has 0 radical (unpaired) electrons. The van der Waals surface area contributed by atoms with Crippen LogP contribution in [0.5, 0.6) is 11.6 Å². The molecule has 3 aromatic rings. The summed E-state index contributed by atoms with van der Waals surface area (Å²) in [7, 11) is 1.22. The molecule has 0 bridgehead atoms. The first-order valence-corrected chi connectivity index (χ1v) is 8.97. The van der Waals surface area contributed by atoms with Crippen molar-refractivity contribution in [3.63, 3.8) is 0 Å². The van der Waals surface area contributed by atoms with Crippen LogP contribution in [0.3, 0.4) is 0 Å². The van der Waals surface area contributed by atoms with Crippen LogP contribution in [0.4, 0.5) is 17.2 Å². The third-order valence-electron chi connectivity index (χ3n) is 4.10. The third-order valence-corrected chi connectivity index (χ3v) is 4.10. The van der Waals surface area contributed by atoms with Crippen molar-refractivity contribution < 1.29 is 28.9 Å². The molecular formula is C19H14N6O8. The molecule has 0 atom stereocenters. The van der Waals surface area contributed by atoms with Crippen LogP contribution in [0.15, 0.2) is 54.9 Å². The molecule has 0 spiro atoms. The largest absolute Gasteiger partial charge is 0.465 e. The number of nitrogens with one attached hydrogen (secondary N) is 2. The SMILES string of the molecule is COC(=O)c1ccc(Oc2ncnc(NNC(=O)c3ccccc3[N+](=O)[O-])c2[N+](=O)[O-])cc1. The highest BCUT2D eigenvalue weighted by molar-refractivity contribution is 5.98. The first-order chi connectivity index (χ1) is 15.8. The number of ether oxygens (including phenoxy) is 2.